The number of amides is 2. The van der Waals surface area contributed by atoms with Crippen molar-refractivity contribution < 1.29 is 9.59 Å². The van der Waals surface area contributed by atoms with Gasteiger partial charge in [0.25, 0.3) is 0 Å². The van der Waals surface area contributed by atoms with Crippen LogP contribution in [0.5, 0.6) is 0 Å². The Balaban J connectivity index is 1.83. The third kappa shape index (κ3) is 6.72. The van der Waals surface area contributed by atoms with Gasteiger partial charge >= 0.3 is 0 Å². The summed E-state index contributed by atoms with van der Waals surface area (Å²) >= 11 is 1.55. The van der Waals surface area contributed by atoms with Crippen molar-refractivity contribution in [1.29, 1.82) is 0 Å². The fourth-order valence-electron chi connectivity index (χ4n) is 2.21. The Morgan fingerprint density at radius 2 is 1.81 bits per heavy atom. The summed E-state index contributed by atoms with van der Waals surface area (Å²) in [6.45, 7) is 5.32. The molecule has 0 aliphatic carbocycles. The molecule has 0 saturated carbocycles. The first-order chi connectivity index (χ1) is 12.4. The molecule has 0 aliphatic rings. The highest BCUT2D eigenvalue weighted by Gasteiger charge is 2.04. The minimum atomic E-state index is -0.139. The number of benzene rings is 2. The molecule has 0 saturated heterocycles. The summed E-state index contributed by atoms with van der Waals surface area (Å²) in [6.07, 6.45) is 0. The molecule has 5 nitrogen and oxygen atoms in total. The Bertz CT molecular complexity index is 801. The van der Waals surface area contributed by atoms with Crippen molar-refractivity contribution in [2.75, 3.05) is 11.1 Å². The zero-order chi connectivity index (χ0) is 18.9. The van der Waals surface area contributed by atoms with Crippen molar-refractivity contribution in [3.63, 3.8) is 0 Å². The van der Waals surface area contributed by atoms with Crippen LogP contribution in [0.25, 0.3) is 0 Å². The first-order valence-corrected chi connectivity index (χ1v) is 9.44. The van der Waals surface area contributed by atoms with Gasteiger partial charge in [-0.15, -0.1) is 11.8 Å². The fourth-order valence-corrected chi connectivity index (χ4v) is 2.99. The molecule has 2 rings (SSSR count). The van der Waals surface area contributed by atoms with Gasteiger partial charge in [0, 0.05) is 18.4 Å². The van der Waals surface area contributed by atoms with Crippen molar-refractivity contribution in [3.8, 4) is 0 Å². The molecule has 26 heavy (non-hydrogen) atoms. The Morgan fingerprint density at radius 3 is 2.50 bits per heavy atom. The zero-order valence-corrected chi connectivity index (χ0v) is 16.0. The third-order valence-corrected chi connectivity index (χ3v) is 4.58. The predicted molar refractivity (Wildman–Crippen MR) is 108 cm³/mol. The minimum absolute atomic E-state index is 0.129. The second kappa shape index (κ2) is 9.77. The van der Waals surface area contributed by atoms with E-state index in [9.17, 15) is 9.59 Å². The number of rotatable bonds is 7. The van der Waals surface area contributed by atoms with Crippen LogP contribution in [0.1, 0.15) is 30.5 Å². The van der Waals surface area contributed by atoms with E-state index in [1.807, 2.05) is 25.1 Å². The highest BCUT2D eigenvalue weighted by Crippen LogP contribution is 2.13. The van der Waals surface area contributed by atoms with Gasteiger partial charge in [-0.25, -0.2) is 5.43 Å². The lowest BCUT2D eigenvalue weighted by molar-refractivity contribution is -0.118. The Morgan fingerprint density at radius 1 is 1.08 bits per heavy atom. The number of hydrazone groups is 1. The number of thioether (sulfide) groups is 1. The smallest absolute Gasteiger partial charge is 0.250 e. The number of nitrogens with one attached hydrogen (secondary N) is 2. The van der Waals surface area contributed by atoms with Gasteiger partial charge in [0.1, 0.15) is 0 Å². The zero-order valence-electron chi connectivity index (χ0n) is 15.2. The lowest BCUT2D eigenvalue weighted by Crippen LogP contribution is -2.21. The molecule has 2 N–H and O–H groups in total. The van der Waals surface area contributed by atoms with E-state index in [0.29, 0.717) is 17.2 Å². The van der Waals surface area contributed by atoms with E-state index in [1.165, 1.54) is 18.1 Å². The largest absolute Gasteiger partial charge is 0.326 e. The first kappa shape index (κ1) is 19.7. The lowest BCUT2D eigenvalue weighted by atomic mass is 10.1. The van der Waals surface area contributed by atoms with Crippen molar-refractivity contribution in [1.82, 2.24) is 5.43 Å². The SMILES string of the molecule is CC(=O)Nc1cccc(/C(C)=N\NC(=O)CSCc2ccc(C)cc2)c1. The highest BCUT2D eigenvalue weighted by atomic mass is 32.2. The van der Waals surface area contributed by atoms with Gasteiger partial charge in [0.2, 0.25) is 11.8 Å². The maximum atomic E-state index is 11.9. The summed E-state index contributed by atoms with van der Waals surface area (Å²) in [6, 6.07) is 15.6. The molecule has 0 atom stereocenters. The average Bonchev–Trinajstić information content (AvgIpc) is 2.61. The number of carbonyl (C=O) groups is 2. The standard InChI is InChI=1S/C20H23N3O2S/c1-14-7-9-17(10-8-14)12-26-13-20(25)23-22-15(2)18-5-4-6-19(11-18)21-16(3)24/h4-11H,12-13H2,1-3H3,(H,21,24)(H,23,25)/b22-15-. The first-order valence-electron chi connectivity index (χ1n) is 8.28. The summed E-state index contributed by atoms with van der Waals surface area (Å²) in [5.74, 6) is 0.862. The van der Waals surface area contributed by atoms with Crippen LogP contribution in [0.4, 0.5) is 5.69 Å². The molecule has 0 fully saturated rings. The van der Waals surface area contributed by atoms with Crippen LogP contribution in [0.15, 0.2) is 53.6 Å². The molecule has 0 aliphatic heterocycles. The predicted octanol–water partition coefficient (Wildman–Crippen LogP) is 3.73. The van der Waals surface area contributed by atoms with Crippen LogP contribution in [-0.2, 0) is 15.3 Å². The van der Waals surface area contributed by atoms with Crippen molar-refractivity contribution in [3.05, 3.63) is 65.2 Å². The normalized spacial score (nSPS) is 11.1. The molecule has 136 valence electrons. The van der Waals surface area contributed by atoms with Crippen LogP contribution >= 0.6 is 11.8 Å². The number of hydrogen-bond donors (Lipinski definition) is 2. The molecule has 2 aromatic rings. The van der Waals surface area contributed by atoms with Gasteiger partial charge in [-0.1, -0.05) is 42.0 Å². The summed E-state index contributed by atoms with van der Waals surface area (Å²) in [7, 11) is 0. The van der Waals surface area contributed by atoms with Gasteiger partial charge < -0.3 is 5.32 Å². The lowest BCUT2D eigenvalue weighted by Gasteiger charge is -2.06. The fraction of sp³-hybridized carbons (Fsp3) is 0.250. The van der Waals surface area contributed by atoms with Gasteiger partial charge in [0.05, 0.1) is 11.5 Å². The van der Waals surface area contributed by atoms with Crippen molar-refractivity contribution in [2.45, 2.75) is 26.5 Å². The number of hydrogen-bond acceptors (Lipinski definition) is 4. The number of carbonyl (C=O) groups excluding carboxylic acids is 2. The third-order valence-electron chi connectivity index (χ3n) is 3.57. The van der Waals surface area contributed by atoms with Crippen molar-refractivity contribution >= 4 is 35.0 Å². The Kier molecular flexibility index (Phi) is 7.41. The molecule has 2 aromatic carbocycles. The van der Waals surface area contributed by atoms with E-state index in [4.69, 9.17) is 0 Å². The highest BCUT2D eigenvalue weighted by molar-refractivity contribution is 7.99. The molecule has 0 aromatic heterocycles. The number of aryl methyl sites for hydroxylation is 1. The van der Waals surface area contributed by atoms with Crippen LogP contribution < -0.4 is 10.7 Å². The van der Waals surface area contributed by atoms with E-state index >= 15 is 0 Å². The molecule has 0 heterocycles. The van der Waals surface area contributed by atoms with Crippen LogP contribution in [0, 0.1) is 6.92 Å². The number of anilines is 1. The van der Waals surface area contributed by atoms with E-state index in [-0.39, 0.29) is 11.8 Å². The summed E-state index contributed by atoms with van der Waals surface area (Å²) in [5, 5.41) is 6.87. The number of nitrogens with zero attached hydrogens (tertiary/aromatic N) is 1. The molecule has 0 unspecified atom stereocenters. The monoisotopic (exact) mass is 369 g/mol. The van der Waals surface area contributed by atoms with Crippen LogP contribution in [0.3, 0.4) is 0 Å². The van der Waals surface area contributed by atoms with Crippen LogP contribution in [0.2, 0.25) is 0 Å². The molecular weight excluding hydrogens is 346 g/mol. The van der Waals surface area contributed by atoms with Gasteiger partial charge in [0.15, 0.2) is 0 Å². The van der Waals surface area contributed by atoms with E-state index in [2.05, 4.69) is 47.0 Å². The van der Waals surface area contributed by atoms with Crippen LogP contribution in [-0.4, -0.2) is 23.3 Å². The molecule has 2 amide bonds. The molecule has 0 radical (unpaired) electrons. The molecule has 0 spiro atoms. The van der Waals surface area contributed by atoms with Gasteiger partial charge in [-0.05, 0) is 37.1 Å². The van der Waals surface area contributed by atoms with E-state index < -0.39 is 0 Å². The second-order valence-electron chi connectivity index (χ2n) is 5.97. The Labute approximate surface area is 158 Å². The Hall–Kier alpha value is -2.60. The maximum Gasteiger partial charge on any atom is 0.250 e. The summed E-state index contributed by atoms with van der Waals surface area (Å²) < 4.78 is 0. The molecule has 6 heteroatoms. The average molecular weight is 369 g/mol. The minimum Gasteiger partial charge on any atom is -0.326 e. The van der Waals surface area contributed by atoms with Crippen molar-refractivity contribution in [2.24, 2.45) is 5.10 Å². The van der Waals surface area contributed by atoms with E-state index in [0.717, 1.165) is 11.3 Å². The summed E-state index contributed by atoms with van der Waals surface area (Å²) in [4.78, 5) is 23.1. The topological polar surface area (TPSA) is 70.6 Å². The molecule has 0 bridgehead atoms. The summed E-state index contributed by atoms with van der Waals surface area (Å²) in [5.41, 5.74) is 7.21. The maximum absolute atomic E-state index is 11.9. The molecular formula is C20H23N3O2S. The van der Waals surface area contributed by atoms with Gasteiger partial charge in [-0.2, -0.15) is 5.10 Å². The second-order valence-corrected chi connectivity index (χ2v) is 6.96. The quantitative estimate of drug-likeness (QED) is 0.577. The van der Waals surface area contributed by atoms with E-state index in [1.54, 1.807) is 17.8 Å². The van der Waals surface area contributed by atoms with Gasteiger partial charge in [-0.3, -0.25) is 9.59 Å².